The van der Waals surface area contributed by atoms with Crippen molar-refractivity contribution in [3.05, 3.63) is 66.0 Å². The van der Waals surface area contributed by atoms with E-state index in [1.54, 1.807) is 35.5 Å². The van der Waals surface area contributed by atoms with Gasteiger partial charge in [0.15, 0.2) is 6.61 Å². The van der Waals surface area contributed by atoms with Gasteiger partial charge >= 0.3 is 5.97 Å². The van der Waals surface area contributed by atoms with Crippen LogP contribution in [0.2, 0.25) is 0 Å². The predicted octanol–water partition coefficient (Wildman–Crippen LogP) is 2.77. The zero-order valence-electron chi connectivity index (χ0n) is 14.1. The molecule has 26 heavy (non-hydrogen) atoms. The first-order chi connectivity index (χ1) is 12.7. The second-order valence-corrected chi connectivity index (χ2v) is 6.11. The van der Waals surface area contributed by atoms with Gasteiger partial charge in [-0.25, -0.2) is 4.79 Å². The maximum atomic E-state index is 12.5. The summed E-state index contributed by atoms with van der Waals surface area (Å²) >= 11 is 0. The molecule has 4 rings (SSSR count). The van der Waals surface area contributed by atoms with E-state index in [0.29, 0.717) is 23.1 Å². The molecular weight excluding hydrogens is 330 g/mol. The minimum atomic E-state index is -0.545. The lowest BCUT2D eigenvalue weighted by Gasteiger charge is -2.29. The Hall–Kier alpha value is -3.28. The number of nitrogens with zero attached hydrogens (tertiary/aromatic N) is 3. The van der Waals surface area contributed by atoms with Crippen molar-refractivity contribution in [3.63, 3.8) is 0 Å². The number of aryl methyl sites for hydroxylation is 1. The van der Waals surface area contributed by atoms with Gasteiger partial charge in [0, 0.05) is 24.6 Å². The standard InChI is InChI=1S/C20H17N3O3/c24-19(23-11-3-5-14-4-1-2-6-18(14)23)13-26-20(25)15-7-8-16-17(12-15)22-10-9-21-16/h1-2,4,6-10,12H,3,5,11,13H2. The van der Waals surface area contributed by atoms with Gasteiger partial charge in [0.1, 0.15) is 0 Å². The average Bonchev–Trinajstić information content (AvgIpc) is 2.71. The molecule has 130 valence electrons. The Morgan fingerprint density at radius 2 is 1.85 bits per heavy atom. The van der Waals surface area contributed by atoms with Gasteiger partial charge in [0.2, 0.25) is 0 Å². The second kappa shape index (κ2) is 6.92. The van der Waals surface area contributed by atoms with E-state index >= 15 is 0 Å². The molecule has 0 unspecified atom stereocenters. The highest BCUT2D eigenvalue weighted by molar-refractivity contribution is 5.98. The molecular formula is C20H17N3O3. The van der Waals surface area contributed by atoms with E-state index < -0.39 is 5.97 Å². The van der Waals surface area contributed by atoms with Crippen molar-refractivity contribution in [1.29, 1.82) is 0 Å². The van der Waals surface area contributed by atoms with Gasteiger partial charge in [0.25, 0.3) is 5.91 Å². The maximum absolute atomic E-state index is 12.5. The number of amides is 1. The van der Waals surface area contributed by atoms with Crippen LogP contribution in [0.5, 0.6) is 0 Å². The van der Waals surface area contributed by atoms with Crippen LogP contribution in [0.15, 0.2) is 54.9 Å². The predicted molar refractivity (Wildman–Crippen MR) is 96.9 cm³/mol. The van der Waals surface area contributed by atoms with Crippen LogP contribution in [0.3, 0.4) is 0 Å². The Balaban J connectivity index is 1.45. The summed E-state index contributed by atoms with van der Waals surface area (Å²) in [5.74, 6) is -0.762. The molecule has 3 aromatic rings. The second-order valence-electron chi connectivity index (χ2n) is 6.11. The minimum Gasteiger partial charge on any atom is -0.452 e. The zero-order valence-corrected chi connectivity index (χ0v) is 14.1. The molecule has 6 heteroatoms. The Morgan fingerprint density at radius 3 is 2.73 bits per heavy atom. The number of hydrogen-bond donors (Lipinski definition) is 0. The van der Waals surface area contributed by atoms with Crippen LogP contribution in [0, 0.1) is 0 Å². The minimum absolute atomic E-state index is 0.217. The Bertz CT molecular complexity index is 987. The highest BCUT2D eigenvalue weighted by Crippen LogP contribution is 2.26. The summed E-state index contributed by atoms with van der Waals surface area (Å²) in [5.41, 5.74) is 3.71. The normalized spacial score (nSPS) is 13.3. The summed E-state index contributed by atoms with van der Waals surface area (Å²) in [4.78, 5) is 34.8. The molecule has 1 aromatic heterocycles. The van der Waals surface area contributed by atoms with Crippen LogP contribution in [-0.4, -0.2) is 35.0 Å². The van der Waals surface area contributed by atoms with Gasteiger partial charge in [-0.05, 0) is 42.7 Å². The van der Waals surface area contributed by atoms with Gasteiger partial charge < -0.3 is 9.64 Å². The fourth-order valence-corrected chi connectivity index (χ4v) is 3.17. The van der Waals surface area contributed by atoms with Gasteiger partial charge in [-0.15, -0.1) is 0 Å². The van der Waals surface area contributed by atoms with E-state index in [4.69, 9.17) is 4.74 Å². The van der Waals surface area contributed by atoms with Crippen molar-refractivity contribution >= 4 is 28.6 Å². The van der Waals surface area contributed by atoms with Gasteiger partial charge in [-0.2, -0.15) is 0 Å². The van der Waals surface area contributed by atoms with Crippen LogP contribution < -0.4 is 4.90 Å². The summed E-state index contributed by atoms with van der Waals surface area (Å²) < 4.78 is 5.23. The first-order valence-corrected chi connectivity index (χ1v) is 8.48. The average molecular weight is 347 g/mol. The van der Waals surface area contributed by atoms with Crippen LogP contribution >= 0.6 is 0 Å². The Morgan fingerprint density at radius 1 is 1.04 bits per heavy atom. The number of ether oxygens (including phenoxy) is 1. The molecule has 0 N–H and O–H groups in total. The third kappa shape index (κ3) is 3.13. The van der Waals surface area contributed by atoms with Crippen LogP contribution in [0.1, 0.15) is 22.3 Å². The van der Waals surface area contributed by atoms with E-state index in [2.05, 4.69) is 9.97 Å². The smallest absolute Gasteiger partial charge is 0.338 e. The quantitative estimate of drug-likeness (QED) is 0.681. The molecule has 0 radical (unpaired) electrons. The molecule has 1 aliphatic heterocycles. The molecule has 0 atom stereocenters. The number of esters is 1. The van der Waals surface area contributed by atoms with Crippen LogP contribution in [-0.2, 0) is 16.0 Å². The third-order valence-electron chi connectivity index (χ3n) is 4.44. The Kier molecular flexibility index (Phi) is 4.31. The monoisotopic (exact) mass is 347 g/mol. The largest absolute Gasteiger partial charge is 0.452 e. The van der Waals surface area contributed by atoms with E-state index in [1.807, 2.05) is 24.3 Å². The van der Waals surface area contributed by atoms with Gasteiger partial charge in [-0.1, -0.05) is 18.2 Å². The summed E-state index contributed by atoms with van der Waals surface area (Å²) in [5, 5.41) is 0. The van der Waals surface area contributed by atoms with Gasteiger partial charge in [-0.3, -0.25) is 14.8 Å². The van der Waals surface area contributed by atoms with Gasteiger partial charge in [0.05, 0.1) is 16.6 Å². The molecule has 1 amide bonds. The molecule has 0 aliphatic carbocycles. The number of rotatable bonds is 3. The number of carbonyl (C=O) groups excluding carboxylic acids is 2. The lowest BCUT2D eigenvalue weighted by Crippen LogP contribution is -2.38. The molecule has 6 nitrogen and oxygen atoms in total. The molecule has 0 saturated heterocycles. The molecule has 2 aromatic carbocycles. The molecule has 0 bridgehead atoms. The molecule has 1 aliphatic rings. The summed E-state index contributed by atoms with van der Waals surface area (Å²) in [6.45, 7) is 0.352. The van der Waals surface area contributed by atoms with Crippen molar-refractivity contribution < 1.29 is 14.3 Å². The number of hydrogen-bond acceptors (Lipinski definition) is 5. The highest BCUT2D eigenvalue weighted by atomic mass is 16.5. The lowest BCUT2D eigenvalue weighted by atomic mass is 10.0. The summed E-state index contributed by atoms with van der Waals surface area (Å²) in [7, 11) is 0. The van der Waals surface area contributed by atoms with Crippen molar-refractivity contribution in [2.75, 3.05) is 18.1 Å². The van der Waals surface area contributed by atoms with E-state index in [9.17, 15) is 9.59 Å². The van der Waals surface area contributed by atoms with E-state index in [1.165, 1.54) is 0 Å². The first kappa shape index (κ1) is 16.2. The topological polar surface area (TPSA) is 72.4 Å². The number of anilines is 1. The van der Waals surface area contributed by atoms with Crippen molar-refractivity contribution in [2.45, 2.75) is 12.8 Å². The molecule has 0 spiro atoms. The number of fused-ring (bicyclic) bond motifs is 2. The zero-order chi connectivity index (χ0) is 17.9. The SMILES string of the molecule is O=C(OCC(=O)N1CCCc2ccccc21)c1ccc2nccnc2c1. The van der Waals surface area contributed by atoms with Crippen molar-refractivity contribution in [1.82, 2.24) is 9.97 Å². The lowest BCUT2D eigenvalue weighted by molar-refractivity contribution is -0.121. The van der Waals surface area contributed by atoms with Crippen molar-refractivity contribution in [3.8, 4) is 0 Å². The summed E-state index contributed by atoms with van der Waals surface area (Å²) in [6.07, 6.45) is 5.02. The molecule has 0 saturated carbocycles. The molecule has 0 fully saturated rings. The fourth-order valence-electron chi connectivity index (χ4n) is 3.17. The number of para-hydroxylation sites is 1. The van der Waals surface area contributed by atoms with E-state index in [-0.39, 0.29) is 12.5 Å². The van der Waals surface area contributed by atoms with Crippen LogP contribution in [0.4, 0.5) is 5.69 Å². The van der Waals surface area contributed by atoms with Crippen LogP contribution in [0.25, 0.3) is 11.0 Å². The summed E-state index contributed by atoms with van der Waals surface area (Å²) in [6, 6.07) is 12.8. The molecule has 2 heterocycles. The Labute approximate surface area is 150 Å². The first-order valence-electron chi connectivity index (χ1n) is 8.48. The third-order valence-corrected chi connectivity index (χ3v) is 4.44. The fraction of sp³-hybridized carbons (Fsp3) is 0.200. The van der Waals surface area contributed by atoms with E-state index in [0.717, 1.165) is 24.1 Å². The highest BCUT2D eigenvalue weighted by Gasteiger charge is 2.23. The maximum Gasteiger partial charge on any atom is 0.338 e. The number of carbonyl (C=O) groups is 2. The van der Waals surface area contributed by atoms with Crippen molar-refractivity contribution in [2.24, 2.45) is 0 Å². The number of aromatic nitrogens is 2. The number of benzene rings is 2.